The van der Waals surface area contributed by atoms with Crippen LogP contribution in [0.25, 0.3) is 11.3 Å². The van der Waals surface area contributed by atoms with Gasteiger partial charge in [-0.3, -0.25) is 4.79 Å². The molecule has 0 atom stereocenters. The van der Waals surface area contributed by atoms with E-state index in [9.17, 15) is 4.79 Å². The third-order valence-corrected chi connectivity index (χ3v) is 5.20. The number of carbonyl (C=O) groups is 1. The summed E-state index contributed by atoms with van der Waals surface area (Å²) in [7, 11) is 3.24. The van der Waals surface area contributed by atoms with Crippen LogP contribution in [0.15, 0.2) is 73.2 Å². The van der Waals surface area contributed by atoms with Gasteiger partial charge in [0.2, 0.25) is 5.88 Å². The van der Waals surface area contributed by atoms with Gasteiger partial charge in [-0.25, -0.2) is 9.97 Å². The van der Waals surface area contributed by atoms with Crippen molar-refractivity contribution in [2.75, 3.05) is 20.8 Å². The van der Waals surface area contributed by atoms with E-state index < -0.39 is 0 Å². The lowest BCUT2D eigenvalue weighted by Crippen LogP contribution is -2.04. The van der Waals surface area contributed by atoms with Crippen molar-refractivity contribution in [3.05, 3.63) is 90.0 Å². The molecule has 7 heteroatoms. The molecule has 0 bridgehead atoms. The largest absolute Gasteiger partial charge is 0.493 e. The van der Waals surface area contributed by atoms with Gasteiger partial charge in [0, 0.05) is 24.5 Å². The molecule has 7 nitrogen and oxygen atoms in total. The molecule has 0 aliphatic rings. The van der Waals surface area contributed by atoms with Crippen LogP contribution >= 0.6 is 0 Å². The third kappa shape index (κ3) is 5.57. The number of ketones is 1. The molecule has 0 saturated carbocycles. The van der Waals surface area contributed by atoms with Crippen LogP contribution in [0.2, 0.25) is 0 Å². The molecule has 0 fully saturated rings. The molecule has 2 aromatic carbocycles. The standard InChI is InChI=1S/C26H25N3O4/c1-31-24-10-9-18(15-25(24)32-2)11-12-33-26-8-4-7-21(29-26)20-6-3-5-19(13-20)14-23(30)22-16-27-17-28-22/h3-10,13,15-17H,11-12,14H2,1-2H3,(H,27,28). The first-order chi connectivity index (χ1) is 16.2. The second-order valence-corrected chi connectivity index (χ2v) is 7.41. The number of nitrogens with zero attached hydrogens (tertiary/aromatic N) is 2. The van der Waals surface area contributed by atoms with Crippen LogP contribution in [-0.4, -0.2) is 41.6 Å². The number of H-pyrrole nitrogens is 1. The minimum atomic E-state index is -0.00939. The second kappa shape index (κ2) is 10.5. The lowest BCUT2D eigenvalue weighted by Gasteiger charge is -2.11. The van der Waals surface area contributed by atoms with Gasteiger partial charge in [-0.1, -0.05) is 30.3 Å². The van der Waals surface area contributed by atoms with Crippen LogP contribution in [0, 0.1) is 0 Å². The SMILES string of the molecule is COc1ccc(CCOc2cccc(-c3cccc(CC(=O)c4cnc[nH]4)c3)n2)cc1OC. The maximum atomic E-state index is 12.4. The molecule has 4 rings (SSSR count). The molecule has 0 aliphatic carbocycles. The fourth-order valence-electron chi connectivity index (χ4n) is 3.50. The summed E-state index contributed by atoms with van der Waals surface area (Å²) >= 11 is 0. The Balaban J connectivity index is 1.40. The molecular formula is C26H25N3O4. The maximum absolute atomic E-state index is 12.4. The summed E-state index contributed by atoms with van der Waals surface area (Å²) in [6.07, 6.45) is 4.04. The fraction of sp³-hybridized carbons (Fsp3) is 0.192. The van der Waals surface area contributed by atoms with E-state index in [1.807, 2.05) is 60.7 Å². The summed E-state index contributed by atoms with van der Waals surface area (Å²) < 4.78 is 16.5. The van der Waals surface area contributed by atoms with Crippen molar-refractivity contribution in [2.24, 2.45) is 0 Å². The molecule has 4 aromatic rings. The summed E-state index contributed by atoms with van der Waals surface area (Å²) in [6.45, 7) is 0.477. The highest BCUT2D eigenvalue weighted by molar-refractivity contribution is 5.95. The highest BCUT2D eigenvalue weighted by Gasteiger charge is 2.10. The minimum Gasteiger partial charge on any atom is -0.493 e. The number of methoxy groups -OCH3 is 2. The molecule has 0 spiro atoms. The number of rotatable bonds is 10. The van der Waals surface area contributed by atoms with E-state index in [4.69, 9.17) is 14.2 Å². The number of aromatic nitrogens is 3. The van der Waals surface area contributed by atoms with Crippen molar-refractivity contribution in [1.82, 2.24) is 15.0 Å². The van der Waals surface area contributed by atoms with Crippen LogP contribution in [0.4, 0.5) is 0 Å². The Labute approximate surface area is 192 Å². The number of aromatic amines is 1. The Kier molecular flexibility index (Phi) is 6.99. The number of Topliss-reactive ketones (excluding diaryl/α,β-unsaturated/α-hetero) is 1. The van der Waals surface area contributed by atoms with E-state index in [1.54, 1.807) is 14.2 Å². The molecule has 0 saturated heterocycles. The fourth-order valence-corrected chi connectivity index (χ4v) is 3.50. The van der Waals surface area contributed by atoms with Crippen LogP contribution in [-0.2, 0) is 12.8 Å². The van der Waals surface area contributed by atoms with Crippen molar-refractivity contribution < 1.29 is 19.0 Å². The van der Waals surface area contributed by atoms with Crippen LogP contribution < -0.4 is 14.2 Å². The van der Waals surface area contributed by atoms with Gasteiger partial charge in [0.05, 0.1) is 39.0 Å². The number of nitrogens with one attached hydrogen (secondary N) is 1. The number of imidazole rings is 1. The van der Waals surface area contributed by atoms with Gasteiger partial charge in [-0.05, 0) is 35.4 Å². The summed E-state index contributed by atoms with van der Waals surface area (Å²) in [5.74, 6) is 1.93. The average molecular weight is 444 g/mol. The lowest BCUT2D eigenvalue weighted by atomic mass is 10.0. The van der Waals surface area contributed by atoms with Crippen molar-refractivity contribution >= 4 is 5.78 Å². The number of pyridine rings is 1. The Morgan fingerprint density at radius 2 is 1.79 bits per heavy atom. The normalized spacial score (nSPS) is 10.6. The van der Waals surface area contributed by atoms with Crippen molar-refractivity contribution in [3.8, 4) is 28.6 Å². The van der Waals surface area contributed by atoms with Gasteiger partial charge in [0.25, 0.3) is 0 Å². The summed E-state index contributed by atoms with van der Waals surface area (Å²) in [4.78, 5) is 23.8. The van der Waals surface area contributed by atoms with Gasteiger partial charge in [0.15, 0.2) is 17.3 Å². The first-order valence-corrected chi connectivity index (χ1v) is 10.6. The zero-order valence-corrected chi connectivity index (χ0v) is 18.6. The average Bonchev–Trinajstić information content (AvgIpc) is 3.40. The first kappa shape index (κ1) is 22.1. The predicted octanol–water partition coefficient (Wildman–Crippen LogP) is 4.54. The monoisotopic (exact) mass is 443 g/mol. The Morgan fingerprint density at radius 1 is 0.939 bits per heavy atom. The molecule has 2 heterocycles. The first-order valence-electron chi connectivity index (χ1n) is 10.6. The van der Waals surface area contributed by atoms with Crippen LogP contribution in [0.3, 0.4) is 0 Å². The quantitative estimate of drug-likeness (QED) is 0.362. The Bertz CT molecular complexity index is 1220. The van der Waals surface area contributed by atoms with E-state index >= 15 is 0 Å². The molecule has 2 aromatic heterocycles. The molecule has 1 N–H and O–H groups in total. The summed E-state index contributed by atoms with van der Waals surface area (Å²) in [5, 5.41) is 0. The number of carbonyl (C=O) groups excluding carboxylic acids is 1. The molecular weight excluding hydrogens is 418 g/mol. The maximum Gasteiger partial charge on any atom is 0.213 e. The molecule has 168 valence electrons. The highest BCUT2D eigenvalue weighted by Crippen LogP contribution is 2.28. The lowest BCUT2D eigenvalue weighted by molar-refractivity contribution is 0.0988. The molecule has 0 aliphatic heterocycles. The molecule has 0 radical (unpaired) electrons. The smallest absolute Gasteiger partial charge is 0.213 e. The topological polar surface area (TPSA) is 86.3 Å². The van der Waals surface area contributed by atoms with Gasteiger partial charge in [-0.2, -0.15) is 0 Å². The summed E-state index contributed by atoms with van der Waals surface area (Å²) in [5.41, 5.74) is 4.21. The zero-order chi connectivity index (χ0) is 23.0. The van der Waals surface area contributed by atoms with Gasteiger partial charge >= 0.3 is 0 Å². The number of hydrogen-bond acceptors (Lipinski definition) is 6. The molecule has 33 heavy (non-hydrogen) atoms. The predicted molar refractivity (Wildman–Crippen MR) is 125 cm³/mol. The van der Waals surface area contributed by atoms with E-state index in [0.717, 1.165) is 22.4 Å². The van der Waals surface area contributed by atoms with E-state index in [2.05, 4.69) is 15.0 Å². The summed E-state index contributed by atoms with van der Waals surface area (Å²) in [6, 6.07) is 19.3. The van der Waals surface area contributed by atoms with Crippen LogP contribution in [0.5, 0.6) is 17.4 Å². The van der Waals surface area contributed by atoms with Gasteiger partial charge in [-0.15, -0.1) is 0 Å². The Hall–Kier alpha value is -4.13. The van der Waals surface area contributed by atoms with E-state index in [-0.39, 0.29) is 12.2 Å². The number of benzene rings is 2. The van der Waals surface area contributed by atoms with Crippen molar-refractivity contribution in [1.29, 1.82) is 0 Å². The number of hydrogen-bond donors (Lipinski definition) is 1. The number of ether oxygens (including phenoxy) is 3. The van der Waals surface area contributed by atoms with Crippen molar-refractivity contribution in [3.63, 3.8) is 0 Å². The zero-order valence-electron chi connectivity index (χ0n) is 18.6. The minimum absolute atomic E-state index is 0.00939. The van der Waals surface area contributed by atoms with Gasteiger partial charge in [0.1, 0.15) is 5.69 Å². The van der Waals surface area contributed by atoms with Crippen molar-refractivity contribution in [2.45, 2.75) is 12.8 Å². The van der Waals surface area contributed by atoms with E-state index in [0.29, 0.717) is 36.1 Å². The molecule has 0 amide bonds. The Morgan fingerprint density at radius 3 is 2.58 bits per heavy atom. The van der Waals surface area contributed by atoms with Crippen LogP contribution in [0.1, 0.15) is 21.6 Å². The van der Waals surface area contributed by atoms with Gasteiger partial charge < -0.3 is 19.2 Å². The third-order valence-electron chi connectivity index (χ3n) is 5.20. The second-order valence-electron chi connectivity index (χ2n) is 7.41. The highest BCUT2D eigenvalue weighted by atomic mass is 16.5. The molecule has 0 unspecified atom stereocenters. The van der Waals surface area contributed by atoms with E-state index in [1.165, 1.54) is 12.5 Å².